The van der Waals surface area contributed by atoms with E-state index in [-0.39, 0.29) is 38.5 Å². The fourth-order valence-corrected chi connectivity index (χ4v) is 2.04. The zero-order valence-corrected chi connectivity index (χ0v) is 13.6. The van der Waals surface area contributed by atoms with Gasteiger partial charge in [0.1, 0.15) is 32.8 Å². The van der Waals surface area contributed by atoms with Crippen LogP contribution in [0, 0.1) is 15.3 Å². The number of rotatable bonds is 9. The van der Waals surface area contributed by atoms with Gasteiger partial charge in [-0.3, -0.25) is 19.7 Å². The number of hydrogen-bond acceptors (Lipinski definition) is 7. The van der Waals surface area contributed by atoms with Crippen molar-refractivity contribution in [2.24, 2.45) is 0 Å². The van der Waals surface area contributed by atoms with Crippen molar-refractivity contribution >= 4 is 17.6 Å². The molecule has 0 fully saturated rings. The molecule has 132 valence electrons. The molecule has 0 aliphatic heterocycles. The molecule has 0 amide bonds. The third-order valence-corrected chi connectivity index (χ3v) is 3.23. The molecule has 0 aliphatic carbocycles. The SMILES string of the molecule is CC(=O)OCC[N+]([O-])(CCOC(C)=O)Cc1ccc([N+](=O)[O-])cc1. The van der Waals surface area contributed by atoms with Gasteiger partial charge in [0.25, 0.3) is 5.69 Å². The maximum absolute atomic E-state index is 12.9. The number of hydrogen-bond donors (Lipinski definition) is 0. The summed E-state index contributed by atoms with van der Waals surface area (Å²) in [4.78, 5) is 31.8. The number of esters is 2. The van der Waals surface area contributed by atoms with E-state index in [0.717, 1.165) is 0 Å². The van der Waals surface area contributed by atoms with Gasteiger partial charge in [0.15, 0.2) is 0 Å². The maximum atomic E-state index is 12.9. The Labute approximate surface area is 139 Å². The Balaban J connectivity index is 2.76. The molecule has 9 heteroatoms. The lowest BCUT2D eigenvalue weighted by molar-refractivity contribution is -0.894. The minimum atomic E-state index is -0.779. The predicted octanol–water partition coefficient (Wildman–Crippen LogP) is 1.54. The molecule has 24 heavy (non-hydrogen) atoms. The Bertz CT molecular complexity index is 566. The van der Waals surface area contributed by atoms with Crippen LogP contribution in [0.3, 0.4) is 0 Å². The van der Waals surface area contributed by atoms with Crippen molar-refractivity contribution in [3.8, 4) is 0 Å². The van der Waals surface area contributed by atoms with E-state index in [1.54, 1.807) is 0 Å². The molecule has 0 spiro atoms. The summed E-state index contributed by atoms with van der Waals surface area (Å²) in [6.45, 7) is 2.34. The van der Waals surface area contributed by atoms with Gasteiger partial charge in [-0.2, -0.15) is 0 Å². The highest BCUT2D eigenvalue weighted by Crippen LogP contribution is 2.17. The van der Waals surface area contributed by atoms with Gasteiger partial charge in [0.2, 0.25) is 0 Å². The van der Waals surface area contributed by atoms with E-state index in [0.29, 0.717) is 5.56 Å². The minimum Gasteiger partial charge on any atom is -0.632 e. The highest BCUT2D eigenvalue weighted by molar-refractivity contribution is 5.66. The molecule has 0 aliphatic rings. The molecule has 0 radical (unpaired) electrons. The molecule has 0 atom stereocenters. The lowest BCUT2D eigenvalue weighted by Gasteiger charge is -2.42. The first kappa shape index (κ1) is 19.5. The van der Waals surface area contributed by atoms with E-state index in [4.69, 9.17) is 9.47 Å². The van der Waals surface area contributed by atoms with Crippen LogP contribution in [-0.2, 0) is 25.6 Å². The standard InChI is InChI=1S/C15H20N2O7/c1-12(18)23-9-7-17(22,8-10-24-13(2)19)11-14-3-5-15(6-4-14)16(20)21/h3-6H,7-11H2,1-2H3. The molecule has 1 aromatic carbocycles. The molecule has 1 rings (SSSR count). The third-order valence-electron chi connectivity index (χ3n) is 3.23. The Morgan fingerprint density at radius 2 is 1.50 bits per heavy atom. The third kappa shape index (κ3) is 7.16. The number of non-ortho nitro benzene ring substituents is 1. The van der Waals surface area contributed by atoms with Gasteiger partial charge >= 0.3 is 11.9 Å². The van der Waals surface area contributed by atoms with Crippen molar-refractivity contribution in [1.82, 2.24) is 0 Å². The number of carbonyl (C=O) groups excluding carboxylic acids is 2. The number of nitro benzene ring substituents is 1. The molecule has 0 heterocycles. The van der Waals surface area contributed by atoms with Crippen LogP contribution in [0.2, 0.25) is 0 Å². The summed E-state index contributed by atoms with van der Waals surface area (Å²) in [5.41, 5.74) is 0.531. The maximum Gasteiger partial charge on any atom is 0.302 e. The van der Waals surface area contributed by atoms with Gasteiger partial charge in [0.05, 0.1) is 4.92 Å². The lowest BCUT2D eigenvalue weighted by Crippen LogP contribution is -2.46. The van der Waals surface area contributed by atoms with Gasteiger partial charge in [-0.25, -0.2) is 0 Å². The summed E-state index contributed by atoms with van der Waals surface area (Å²) in [7, 11) is 0. The van der Waals surface area contributed by atoms with Crippen molar-refractivity contribution in [2.75, 3.05) is 26.3 Å². The number of carbonyl (C=O) groups is 2. The second kappa shape index (κ2) is 8.94. The molecule has 0 N–H and O–H groups in total. The van der Waals surface area contributed by atoms with Crippen LogP contribution in [0.15, 0.2) is 24.3 Å². The first-order valence-corrected chi connectivity index (χ1v) is 7.29. The largest absolute Gasteiger partial charge is 0.632 e. The quantitative estimate of drug-likeness (QED) is 0.289. The lowest BCUT2D eigenvalue weighted by atomic mass is 10.2. The van der Waals surface area contributed by atoms with E-state index in [1.807, 2.05) is 0 Å². The van der Waals surface area contributed by atoms with Crippen molar-refractivity contribution in [2.45, 2.75) is 20.4 Å². The van der Waals surface area contributed by atoms with Crippen LogP contribution in [0.25, 0.3) is 0 Å². The van der Waals surface area contributed by atoms with E-state index in [9.17, 15) is 24.9 Å². The molecule has 0 aromatic heterocycles. The van der Waals surface area contributed by atoms with Crippen LogP contribution in [0.4, 0.5) is 5.69 Å². The minimum absolute atomic E-state index is 0.0144. The van der Waals surface area contributed by atoms with Crippen molar-refractivity contribution in [3.05, 3.63) is 45.2 Å². The zero-order valence-electron chi connectivity index (χ0n) is 13.6. The smallest absolute Gasteiger partial charge is 0.302 e. The summed E-state index contributed by atoms with van der Waals surface area (Å²) in [5.74, 6) is -0.978. The second-order valence-electron chi connectivity index (χ2n) is 5.27. The van der Waals surface area contributed by atoms with Crippen molar-refractivity contribution < 1.29 is 28.6 Å². The summed E-state index contributed by atoms with van der Waals surface area (Å²) in [5, 5.41) is 23.5. The number of quaternary nitrogens is 1. The molecular formula is C15H20N2O7. The monoisotopic (exact) mass is 340 g/mol. The number of benzene rings is 1. The van der Waals surface area contributed by atoms with E-state index in [2.05, 4.69) is 0 Å². The normalized spacial score (nSPS) is 11.0. The fourth-order valence-electron chi connectivity index (χ4n) is 2.04. The van der Waals surface area contributed by atoms with E-state index < -0.39 is 21.5 Å². The van der Waals surface area contributed by atoms with Gasteiger partial charge < -0.3 is 19.3 Å². The highest BCUT2D eigenvalue weighted by Gasteiger charge is 2.19. The van der Waals surface area contributed by atoms with E-state index in [1.165, 1.54) is 38.1 Å². The van der Waals surface area contributed by atoms with E-state index >= 15 is 0 Å². The van der Waals surface area contributed by atoms with Crippen LogP contribution >= 0.6 is 0 Å². The molecule has 0 unspecified atom stereocenters. The van der Waals surface area contributed by atoms with Gasteiger partial charge in [-0.1, -0.05) is 0 Å². The number of ether oxygens (including phenoxy) is 2. The molecule has 0 saturated carbocycles. The number of nitrogens with zero attached hydrogens (tertiary/aromatic N) is 2. The Kier molecular flexibility index (Phi) is 7.28. The van der Waals surface area contributed by atoms with Crippen LogP contribution in [0.5, 0.6) is 0 Å². The zero-order chi connectivity index (χ0) is 18.2. The molecule has 0 saturated heterocycles. The highest BCUT2D eigenvalue weighted by atomic mass is 16.6. The summed E-state index contributed by atoms with van der Waals surface area (Å²) in [6, 6.07) is 5.64. The average molecular weight is 340 g/mol. The second-order valence-corrected chi connectivity index (χ2v) is 5.27. The fraction of sp³-hybridized carbons (Fsp3) is 0.467. The first-order valence-electron chi connectivity index (χ1n) is 7.29. The van der Waals surface area contributed by atoms with Gasteiger partial charge in [-0.15, -0.1) is 0 Å². The number of hydroxylamine groups is 3. The Hall–Kier alpha value is -2.52. The van der Waals surface area contributed by atoms with Crippen molar-refractivity contribution in [3.63, 3.8) is 0 Å². The topological polar surface area (TPSA) is 119 Å². The molecule has 0 bridgehead atoms. The average Bonchev–Trinajstić information content (AvgIpc) is 2.46. The predicted molar refractivity (Wildman–Crippen MR) is 83.4 cm³/mol. The molecule has 9 nitrogen and oxygen atoms in total. The van der Waals surface area contributed by atoms with Gasteiger partial charge in [0, 0.05) is 31.5 Å². The van der Waals surface area contributed by atoms with Crippen LogP contribution in [0.1, 0.15) is 19.4 Å². The molecule has 1 aromatic rings. The van der Waals surface area contributed by atoms with Gasteiger partial charge in [-0.05, 0) is 12.1 Å². The summed E-state index contributed by atoms with van der Waals surface area (Å²) >= 11 is 0. The Morgan fingerprint density at radius 3 is 1.88 bits per heavy atom. The van der Waals surface area contributed by atoms with Crippen LogP contribution in [-0.4, -0.2) is 47.8 Å². The Morgan fingerprint density at radius 1 is 1.04 bits per heavy atom. The summed E-state index contributed by atoms with van der Waals surface area (Å²) in [6.07, 6.45) is 0. The first-order chi connectivity index (χ1) is 11.2. The van der Waals surface area contributed by atoms with Crippen LogP contribution < -0.4 is 0 Å². The number of nitro groups is 1. The molecular weight excluding hydrogens is 320 g/mol. The van der Waals surface area contributed by atoms with Crippen molar-refractivity contribution in [1.29, 1.82) is 0 Å². The summed E-state index contributed by atoms with van der Waals surface area (Å²) < 4.78 is 8.82.